The van der Waals surface area contributed by atoms with Crippen LogP contribution < -0.4 is 5.73 Å². The van der Waals surface area contributed by atoms with Crippen LogP contribution in [0.15, 0.2) is 41.9 Å². The number of nitrogens with zero attached hydrogens (tertiary/aromatic N) is 1. The first kappa shape index (κ1) is 11.3. The predicted molar refractivity (Wildman–Crippen MR) is 65.2 cm³/mol. The van der Waals surface area contributed by atoms with E-state index in [1.807, 2.05) is 35.7 Å². The lowest BCUT2D eigenvalue weighted by atomic mass is 10.0. The summed E-state index contributed by atoms with van der Waals surface area (Å²) in [6.45, 7) is 0. The van der Waals surface area contributed by atoms with Crippen LogP contribution in [0.4, 0.5) is 0 Å². The summed E-state index contributed by atoms with van der Waals surface area (Å²) in [5, 5.41) is 12.5. The summed E-state index contributed by atoms with van der Waals surface area (Å²) >= 11 is 1.43. The fraction of sp³-hybridized carbons (Fsp3) is 0.250. The maximum atomic E-state index is 9.96. The number of nitrogens with two attached hydrogens (primary N) is 1. The topological polar surface area (TPSA) is 59.1 Å². The molecule has 2 rings (SSSR count). The Kier molecular flexibility index (Phi) is 3.66. The van der Waals surface area contributed by atoms with Crippen LogP contribution in [-0.2, 0) is 6.42 Å². The van der Waals surface area contributed by atoms with Gasteiger partial charge in [0.25, 0.3) is 0 Å². The van der Waals surface area contributed by atoms with Crippen LogP contribution in [0.5, 0.6) is 0 Å². The van der Waals surface area contributed by atoms with Crippen LogP contribution in [-0.4, -0.2) is 16.1 Å². The van der Waals surface area contributed by atoms with E-state index in [2.05, 4.69) is 4.98 Å². The lowest BCUT2D eigenvalue weighted by Gasteiger charge is -2.16. The van der Waals surface area contributed by atoms with Crippen molar-refractivity contribution in [1.29, 1.82) is 0 Å². The number of aliphatic hydroxyl groups excluding tert-OH is 1. The van der Waals surface area contributed by atoms with E-state index in [1.54, 1.807) is 6.20 Å². The maximum absolute atomic E-state index is 9.96. The average molecular weight is 234 g/mol. The SMILES string of the molecule is N[C@@H](Cc1ccccc1)[C@H](O)c1nccs1. The van der Waals surface area contributed by atoms with Crippen molar-refractivity contribution in [2.24, 2.45) is 5.73 Å². The fourth-order valence-corrected chi connectivity index (χ4v) is 2.26. The minimum absolute atomic E-state index is 0.312. The molecule has 4 heteroatoms. The highest BCUT2D eigenvalue weighted by Gasteiger charge is 2.19. The van der Waals surface area contributed by atoms with Crippen molar-refractivity contribution in [3.05, 3.63) is 52.5 Å². The van der Waals surface area contributed by atoms with Gasteiger partial charge in [-0.2, -0.15) is 0 Å². The van der Waals surface area contributed by atoms with Gasteiger partial charge in [0.15, 0.2) is 0 Å². The van der Waals surface area contributed by atoms with E-state index in [0.717, 1.165) is 5.56 Å². The van der Waals surface area contributed by atoms with Gasteiger partial charge in [0.2, 0.25) is 0 Å². The Morgan fingerprint density at radius 3 is 2.69 bits per heavy atom. The molecule has 1 aromatic carbocycles. The molecule has 0 bridgehead atoms. The highest BCUT2D eigenvalue weighted by Crippen LogP contribution is 2.20. The van der Waals surface area contributed by atoms with Crippen LogP contribution in [0.25, 0.3) is 0 Å². The zero-order valence-electron chi connectivity index (χ0n) is 8.78. The van der Waals surface area contributed by atoms with E-state index in [4.69, 9.17) is 5.73 Å². The van der Waals surface area contributed by atoms with Crippen LogP contribution in [0.3, 0.4) is 0 Å². The standard InChI is InChI=1S/C12H14N2OS/c13-10(8-9-4-2-1-3-5-9)11(15)12-14-6-7-16-12/h1-7,10-11,15H,8,13H2/t10-,11-/m0/s1. The number of benzene rings is 1. The minimum atomic E-state index is -0.680. The maximum Gasteiger partial charge on any atom is 0.123 e. The number of hydrogen-bond acceptors (Lipinski definition) is 4. The number of hydrogen-bond donors (Lipinski definition) is 2. The number of rotatable bonds is 4. The largest absolute Gasteiger partial charge is 0.384 e. The molecule has 1 aromatic heterocycles. The van der Waals surface area contributed by atoms with E-state index in [9.17, 15) is 5.11 Å². The smallest absolute Gasteiger partial charge is 0.123 e. The Labute approximate surface area is 98.6 Å². The molecule has 2 aromatic rings. The molecule has 16 heavy (non-hydrogen) atoms. The molecule has 0 unspecified atom stereocenters. The normalized spacial score (nSPS) is 14.6. The van der Waals surface area contributed by atoms with Gasteiger partial charge in [-0.1, -0.05) is 30.3 Å². The second-order valence-electron chi connectivity index (χ2n) is 3.67. The zero-order valence-corrected chi connectivity index (χ0v) is 9.60. The second kappa shape index (κ2) is 5.21. The molecule has 0 saturated heterocycles. The number of thiazole rings is 1. The van der Waals surface area contributed by atoms with E-state index < -0.39 is 6.10 Å². The molecule has 0 amide bonds. The van der Waals surface area contributed by atoms with E-state index in [-0.39, 0.29) is 6.04 Å². The summed E-state index contributed by atoms with van der Waals surface area (Å²) in [7, 11) is 0. The molecular formula is C12H14N2OS. The van der Waals surface area contributed by atoms with Gasteiger partial charge in [-0.25, -0.2) is 4.98 Å². The van der Waals surface area contributed by atoms with E-state index in [1.165, 1.54) is 11.3 Å². The molecule has 0 spiro atoms. The molecule has 0 aliphatic rings. The molecule has 0 fully saturated rings. The average Bonchev–Trinajstić information content (AvgIpc) is 2.83. The molecule has 3 nitrogen and oxygen atoms in total. The molecule has 0 aliphatic carbocycles. The quantitative estimate of drug-likeness (QED) is 0.847. The Morgan fingerprint density at radius 1 is 1.31 bits per heavy atom. The number of aliphatic hydroxyl groups is 1. The summed E-state index contributed by atoms with van der Waals surface area (Å²) < 4.78 is 0. The van der Waals surface area contributed by atoms with Gasteiger partial charge in [0, 0.05) is 17.6 Å². The highest BCUT2D eigenvalue weighted by atomic mass is 32.1. The van der Waals surface area contributed by atoms with Crippen LogP contribution in [0.2, 0.25) is 0 Å². The van der Waals surface area contributed by atoms with Gasteiger partial charge in [-0.05, 0) is 12.0 Å². The van der Waals surface area contributed by atoms with Crippen molar-refractivity contribution in [2.45, 2.75) is 18.6 Å². The predicted octanol–water partition coefficient (Wildman–Crippen LogP) is 1.75. The number of aromatic nitrogens is 1. The summed E-state index contributed by atoms with van der Waals surface area (Å²) in [6.07, 6.45) is 1.65. The summed E-state index contributed by atoms with van der Waals surface area (Å²) in [4.78, 5) is 4.07. The highest BCUT2D eigenvalue weighted by molar-refractivity contribution is 7.09. The first-order valence-corrected chi connectivity index (χ1v) is 6.02. The summed E-state index contributed by atoms with van der Waals surface area (Å²) in [5.41, 5.74) is 7.09. The van der Waals surface area contributed by atoms with Crippen molar-refractivity contribution in [3.8, 4) is 0 Å². The molecular weight excluding hydrogens is 220 g/mol. The third-order valence-corrected chi connectivity index (χ3v) is 3.27. The van der Waals surface area contributed by atoms with Crippen LogP contribution in [0.1, 0.15) is 16.7 Å². The van der Waals surface area contributed by atoms with Crippen LogP contribution >= 0.6 is 11.3 Å². The van der Waals surface area contributed by atoms with Gasteiger partial charge in [0.1, 0.15) is 11.1 Å². The Hall–Kier alpha value is -1.23. The van der Waals surface area contributed by atoms with Gasteiger partial charge in [0.05, 0.1) is 0 Å². The van der Waals surface area contributed by atoms with Crippen molar-refractivity contribution in [3.63, 3.8) is 0 Å². The van der Waals surface area contributed by atoms with Crippen molar-refractivity contribution < 1.29 is 5.11 Å². The first-order chi connectivity index (χ1) is 7.77. The molecule has 0 saturated carbocycles. The van der Waals surface area contributed by atoms with Gasteiger partial charge >= 0.3 is 0 Å². The fourth-order valence-electron chi connectivity index (χ4n) is 1.56. The first-order valence-electron chi connectivity index (χ1n) is 5.14. The van der Waals surface area contributed by atoms with E-state index in [0.29, 0.717) is 11.4 Å². The van der Waals surface area contributed by atoms with E-state index >= 15 is 0 Å². The van der Waals surface area contributed by atoms with Crippen molar-refractivity contribution in [2.75, 3.05) is 0 Å². The van der Waals surface area contributed by atoms with Crippen LogP contribution in [0, 0.1) is 0 Å². The zero-order chi connectivity index (χ0) is 11.4. The third-order valence-electron chi connectivity index (χ3n) is 2.42. The second-order valence-corrected chi connectivity index (χ2v) is 4.59. The lowest BCUT2D eigenvalue weighted by Crippen LogP contribution is -2.30. The Bertz CT molecular complexity index is 416. The third kappa shape index (κ3) is 2.66. The molecule has 3 N–H and O–H groups in total. The molecule has 0 aliphatic heterocycles. The minimum Gasteiger partial charge on any atom is -0.384 e. The Morgan fingerprint density at radius 2 is 2.06 bits per heavy atom. The van der Waals surface area contributed by atoms with Crippen molar-refractivity contribution >= 4 is 11.3 Å². The molecule has 2 atom stereocenters. The van der Waals surface area contributed by atoms with Gasteiger partial charge in [-0.3, -0.25) is 0 Å². The molecule has 1 heterocycles. The Balaban J connectivity index is 2.01. The molecule has 84 valence electrons. The summed E-state index contributed by atoms with van der Waals surface area (Å²) in [6, 6.07) is 9.61. The van der Waals surface area contributed by atoms with Crippen molar-refractivity contribution in [1.82, 2.24) is 4.98 Å². The monoisotopic (exact) mass is 234 g/mol. The van der Waals surface area contributed by atoms with Gasteiger partial charge in [-0.15, -0.1) is 11.3 Å². The molecule has 0 radical (unpaired) electrons. The lowest BCUT2D eigenvalue weighted by molar-refractivity contribution is 0.145. The van der Waals surface area contributed by atoms with Gasteiger partial charge < -0.3 is 10.8 Å². The summed E-state index contributed by atoms with van der Waals surface area (Å²) in [5.74, 6) is 0.